The zero-order valence-corrected chi connectivity index (χ0v) is 10.9. The van der Waals surface area contributed by atoms with Gasteiger partial charge in [0.2, 0.25) is 0 Å². The number of ether oxygens (including phenoxy) is 2. The van der Waals surface area contributed by atoms with Gasteiger partial charge < -0.3 is 15.2 Å². The van der Waals surface area contributed by atoms with Gasteiger partial charge in [0.1, 0.15) is 6.61 Å². The first kappa shape index (κ1) is 14.7. The van der Waals surface area contributed by atoms with Crippen molar-refractivity contribution >= 4 is 11.7 Å². The van der Waals surface area contributed by atoms with E-state index in [2.05, 4.69) is 4.90 Å². The summed E-state index contributed by atoms with van der Waals surface area (Å²) >= 11 is 0. The van der Waals surface area contributed by atoms with Gasteiger partial charge in [0, 0.05) is 31.4 Å². The van der Waals surface area contributed by atoms with Gasteiger partial charge >= 0.3 is 5.97 Å². The second-order valence-electron chi connectivity index (χ2n) is 4.44. The third-order valence-electron chi connectivity index (χ3n) is 3.06. The number of benzene rings is 1. The molecule has 1 fully saturated rings. The number of halogens is 2. The average Bonchev–Trinajstić information content (AvgIpc) is 2.44. The van der Waals surface area contributed by atoms with Gasteiger partial charge in [0.15, 0.2) is 11.6 Å². The molecule has 0 atom stereocenters. The van der Waals surface area contributed by atoms with Gasteiger partial charge in [0.25, 0.3) is 0 Å². The molecule has 0 amide bonds. The molecular formula is C13H16F2N2O3. The summed E-state index contributed by atoms with van der Waals surface area (Å²) in [6.07, 6.45) is 0. The van der Waals surface area contributed by atoms with E-state index in [0.717, 1.165) is 25.2 Å². The van der Waals surface area contributed by atoms with Gasteiger partial charge in [-0.05, 0) is 6.07 Å². The molecule has 7 heteroatoms. The van der Waals surface area contributed by atoms with E-state index in [9.17, 15) is 13.6 Å². The van der Waals surface area contributed by atoms with Crippen LogP contribution in [0.3, 0.4) is 0 Å². The van der Waals surface area contributed by atoms with Crippen LogP contribution in [0, 0.1) is 11.6 Å². The number of nitrogen functional groups attached to an aromatic ring is 1. The summed E-state index contributed by atoms with van der Waals surface area (Å²) in [5.74, 6) is -2.97. The molecule has 0 unspecified atom stereocenters. The molecule has 1 aliphatic rings. The van der Waals surface area contributed by atoms with Crippen molar-refractivity contribution in [1.82, 2.24) is 4.90 Å². The lowest BCUT2D eigenvalue weighted by Gasteiger charge is -2.26. The zero-order valence-electron chi connectivity index (χ0n) is 10.9. The molecular weight excluding hydrogens is 270 g/mol. The summed E-state index contributed by atoms with van der Waals surface area (Å²) in [5.41, 5.74) is 5.17. The minimum Gasteiger partial charge on any atom is -0.461 e. The number of carbonyl (C=O) groups excluding carboxylic acids is 1. The van der Waals surface area contributed by atoms with Crippen LogP contribution < -0.4 is 5.73 Å². The first-order chi connectivity index (χ1) is 9.58. The number of esters is 1. The van der Waals surface area contributed by atoms with Crippen molar-refractivity contribution in [2.24, 2.45) is 0 Å². The van der Waals surface area contributed by atoms with Crippen molar-refractivity contribution in [2.75, 3.05) is 45.2 Å². The molecule has 5 nitrogen and oxygen atoms in total. The van der Waals surface area contributed by atoms with Crippen molar-refractivity contribution in [2.45, 2.75) is 0 Å². The van der Waals surface area contributed by atoms with E-state index >= 15 is 0 Å². The van der Waals surface area contributed by atoms with Crippen LogP contribution in [0.25, 0.3) is 0 Å². The summed E-state index contributed by atoms with van der Waals surface area (Å²) in [5, 5.41) is 0. The van der Waals surface area contributed by atoms with Crippen LogP contribution in [-0.4, -0.2) is 50.3 Å². The van der Waals surface area contributed by atoms with Crippen LogP contribution in [0.15, 0.2) is 12.1 Å². The third-order valence-corrected chi connectivity index (χ3v) is 3.06. The van der Waals surface area contributed by atoms with Crippen LogP contribution in [-0.2, 0) is 9.47 Å². The highest BCUT2D eigenvalue weighted by atomic mass is 19.2. The number of morpholine rings is 1. The quantitative estimate of drug-likeness (QED) is 0.661. The molecule has 1 saturated heterocycles. The first-order valence-corrected chi connectivity index (χ1v) is 6.29. The number of carbonyl (C=O) groups is 1. The van der Waals surface area contributed by atoms with Crippen LogP contribution >= 0.6 is 0 Å². The molecule has 20 heavy (non-hydrogen) atoms. The fourth-order valence-corrected chi connectivity index (χ4v) is 1.91. The van der Waals surface area contributed by atoms with Crippen LogP contribution in [0.1, 0.15) is 10.4 Å². The highest BCUT2D eigenvalue weighted by Gasteiger charge is 2.16. The number of nitrogens with two attached hydrogens (primary N) is 1. The molecule has 0 saturated carbocycles. The van der Waals surface area contributed by atoms with Crippen molar-refractivity contribution in [3.63, 3.8) is 0 Å². The second-order valence-corrected chi connectivity index (χ2v) is 4.44. The standard InChI is InChI=1S/C13H16F2N2O3/c14-10-7-9(12(16)8-11(10)15)13(18)20-6-3-17-1-4-19-5-2-17/h7-8H,1-6,16H2. The van der Waals surface area contributed by atoms with Crippen molar-refractivity contribution in [3.05, 3.63) is 29.3 Å². The lowest BCUT2D eigenvalue weighted by Crippen LogP contribution is -2.38. The summed E-state index contributed by atoms with van der Waals surface area (Å²) in [4.78, 5) is 13.8. The Bertz CT molecular complexity index is 491. The topological polar surface area (TPSA) is 64.8 Å². The highest BCUT2D eigenvalue weighted by Crippen LogP contribution is 2.17. The van der Waals surface area contributed by atoms with Gasteiger partial charge in [-0.2, -0.15) is 0 Å². The summed E-state index contributed by atoms with van der Waals surface area (Å²) in [6.45, 7) is 3.61. The Morgan fingerprint density at radius 2 is 1.95 bits per heavy atom. The van der Waals surface area contributed by atoms with E-state index < -0.39 is 17.6 Å². The summed E-state index contributed by atoms with van der Waals surface area (Å²) in [6, 6.07) is 1.52. The molecule has 110 valence electrons. The third kappa shape index (κ3) is 3.64. The van der Waals surface area contributed by atoms with Gasteiger partial charge in [-0.1, -0.05) is 0 Å². The van der Waals surface area contributed by atoms with E-state index in [4.69, 9.17) is 15.2 Å². The van der Waals surface area contributed by atoms with Gasteiger partial charge in [0.05, 0.1) is 18.8 Å². The maximum atomic E-state index is 13.1. The fraction of sp³-hybridized carbons (Fsp3) is 0.462. The lowest BCUT2D eigenvalue weighted by molar-refractivity contribution is 0.0196. The molecule has 0 aromatic heterocycles. The normalized spacial score (nSPS) is 16.1. The Morgan fingerprint density at radius 1 is 1.30 bits per heavy atom. The minimum atomic E-state index is -1.13. The Labute approximate surface area is 115 Å². The predicted octanol–water partition coefficient (Wildman–Crippen LogP) is 1.04. The van der Waals surface area contributed by atoms with E-state index in [-0.39, 0.29) is 17.9 Å². The van der Waals surface area contributed by atoms with Gasteiger partial charge in [-0.25, -0.2) is 13.6 Å². The van der Waals surface area contributed by atoms with E-state index in [1.54, 1.807) is 0 Å². The van der Waals surface area contributed by atoms with E-state index in [1.165, 1.54) is 0 Å². The second kappa shape index (κ2) is 6.62. The molecule has 1 aromatic carbocycles. The first-order valence-electron chi connectivity index (χ1n) is 6.29. The molecule has 0 spiro atoms. The molecule has 1 aromatic rings. The molecule has 1 heterocycles. The smallest absolute Gasteiger partial charge is 0.340 e. The van der Waals surface area contributed by atoms with Crippen LogP contribution in [0.4, 0.5) is 14.5 Å². The SMILES string of the molecule is Nc1cc(F)c(F)cc1C(=O)OCCN1CCOCC1. The molecule has 0 radical (unpaired) electrons. The Kier molecular flexibility index (Phi) is 4.86. The number of nitrogens with zero attached hydrogens (tertiary/aromatic N) is 1. The van der Waals surface area contributed by atoms with Gasteiger partial charge in [-0.15, -0.1) is 0 Å². The maximum absolute atomic E-state index is 13.1. The molecule has 0 bridgehead atoms. The number of rotatable bonds is 4. The average molecular weight is 286 g/mol. The number of anilines is 1. The predicted molar refractivity (Wildman–Crippen MR) is 68.3 cm³/mol. The fourth-order valence-electron chi connectivity index (χ4n) is 1.91. The molecule has 2 rings (SSSR count). The number of hydrogen-bond donors (Lipinski definition) is 1. The largest absolute Gasteiger partial charge is 0.461 e. The van der Waals surface area contributed by atoms with Crippen LogP contribution in [0.2, 0.25) is 0 Å². The van der Waals surface area contributed by atoms with Crippen molar-refractivity contribution < 1.29 is 23.0 Å². The number of hydrogen-bond acceptors (Lipinski definition) is 5. The van der Waals surface area contributed by atoms with Crippen molar-refractivity contribution in [3.8, 4) is 0 Å². The maximum Gasteiger partial charge on any atom is 0.340 e. The Balaban J connectivity index is 1.87. The Hall–Kier alpha value is -1.73. The zero-order chi connectivity index (χ0) is 14.5. The lowest BCUT2D eigenvalue weighted by atomic mass is 10.1. The monoisotopic (exact) mass is 286 g/mol. The van der Waals surface area contributed by atoms with Crippen LogP contribution in [0.5, 0.6) is 0 Å². The van der Waals surface area contributed by atoms with E-state index in [1.807, 2.05) is 0 Å². The Morgan fingerprint density at radius 3 is 2.65 bits per heavy atom. The minimum absolute atomic E-state index is 0.139. The van der Waals surface area contributed by atoms with Crippen molar-refractivity contribution in [1.29, 1.82) is 0 Å². The molecule has 0 aliphatic carbocycles. The molecule has 2 N–H and O–H groups in total. The van der Waals surface area contributed by atoms with E-state index in [0.29, 0.717) is 19.8 Å². The molecule has 1 aliphatic heterocycles. The highest BCUT2D eigenvalue weighted by molar-refractivity contribution is 5.95. The summed E-state index contributed by atoms with van der Waals surface area (Å²) in [7, 11) is 0. The van der Waals surface area contributed by atoms with Gasteiger partial charge in [-0.3, -0.25) is 4.90 Å². The summed E-state index contributed by atoms with van der Waals surface area (Å²) < 4.78 is 36.2.